The molecule has 1 heterocycles. The number of halogens is 1. The average Bonchev–Trinajstić information content (AvgIpc) is 2.55. The zero-order valence-electron chi connectivity index (χ0n) is 14.1. The molecule has 1 aliphatic carbocycles. The Labute approximate surface area is 146 Å². The smallest absolute Gasteiger partial charge is 0.147 e. The SMILES string of the molecule is CNc1ncc(Br)nc1CCC(C(C)=O)C1CCC(OC)CC1. The van der Waals surface area contributed by atoms with Crippen molar-refractivity contribution in [2.45, 2.75) is 51.6 Å². The van der Waals surface area contributed by atoms with Crippen LogP contribution in [-0.4, -0.2) is 36.0 Å². The number of ketones is 1. The molecule has 2 rings (SSSR count). The number of anilines is 1. The van der Waals surface area contributed by atoms with Gasteiger partial charge in [0.1, 0.15) is 16.2 Å². The molecule has 0 spiro atoms. The molecule has 0 amide bonds. The summed E-state index contributed by atoms with van der Waals surface area (Å²) in [5.74, 6) is 1.66. The highest BCUT2D eigenvalue weighted by Crippen LogP contribution is 2.34. The predicted molar refractivity (Wildman–Crippen MR) is 94.5 cm³/mol. The Morgan fingerprint density at radius 1 is 1.43 bits per heavy atom. The Morgan fingerprint density at radius 2 is 2.13 bits per heavy atom. The summed E-state index contributed by atoms with van der Waals surface area (Å²) in [6, 6.07) is 0. The van der Waals surface area contributed by atoms with E-state index in [1.54, 1.807) is 20.2 Å². The zero-order valence-corrected chi connectivity index (χ0v) is 15.7. The number of hydrogen-bond donors (Lipinski definition) is 1. The Kier molecular flexibility index (Phi) is 6.96. The lowest BCUT2D eigenvalue weighted by Gasteiger charge is -2.32. The van der Waals surface area contributed by atoms with E-state index in [9.17, 15) is 4.79 Å². The Hall–Kier alpha value is -1.01. The normalized spacial score (nSPS) is 22.6. The fourth-order valence-electron chi connectivity index (χ4n) is 3.58. The van der Waals surface area contributed by atoms with E-state index in [-0.39, 0.29) is 5.92 Å². The molecule has 1 N–H and O–H groups in total. The number of ether oxygens (including phenoxy) is 1. The van der Waals surface area contributed by atoms with Crippen molar-refractivity contribution in [1.82, 2.24) is 9.97 Å². The summed E-state index contributed by atoms with van der Waals surface area (Å²) >= 11 is 3.37. The van der Waals surface area contributed by atoms with Gasteiger partial charge in [0, 0.05) is 20.1 Å². The van der Waals surface area contributed by atoms with Gasteiger partial charge in [-0.15, -0.1) is 0 Å². The van der Waals surface area contributed by atoms with Crippen LogP contribution in [-0.2, 0) is 16.0 Å². The lowest BCUT2D eigenvalue weighted by Crippen LogP contribution is -2.29. The van der Waals surface area contributed by atoms with Crippen molar-refractivity contribution in [3.8, 4) is 0 Å². The number of Topliss-reactive ketones (excluding diaryl/α,β-unsaturated/α-hetero) is 1. The number of methoxy groups -OCH3 is 1. The van der Waals surface area contributed by atoms with Gasteiger partial charge >= 0.3 is 0 Å². The number of carbonyl (C=O) groups excluding carboxylic acids is 1. The van der Waals surface area contributed by atoms with Crippen molar-refractivity contribution in [3.63, 3.8) is 0 Å². The van der Waals surface area contributed by atoms with Crippen molar-refractivity contribution in [3.05, 3.63) is 16.5 Å². The molecule has 1 aromatic rings. The first kappa shape index (κ1) is 18.3. The number of aromatic nitrogens is 2. The summed E-state index contributed by atoms with van der Waals surface area (Å²) in [5, 5.41) is 3.07. The largest absolute Gasteiger partial charge is 0.381 e. The van der Waals surface area contributed by atoms with Gasteiger partial charge in [-0.25, -0.2) is 9.97 Å². The zero-order chi connectivity index (χ0) is 16.8. The third kappa shape index (κ3) is 4.98. The first-order valence-electron chi connectivity index (χ1n) is 8.27. The molecule has 128 valence electrons. The molecule has 1 unspecified atom stereocenters. The molecule has 0 radical (unpaired) electrons. The minimum absolute atomic E-state index is 0.110. The van der Waals surface area contributed by atoms with Crippen molar-refractivity contribution in [1.29, 1.82) is 0 Å². The van der Waals surface area contributed by atoms with E-state index >= 15 is 0 Å². The first-order chi connectivity index (χ1) is 11.0. The standard InChI is InChI=1S/C17H26BrN3O2/c1-11(22)14(12-4-6-13(23-3)7-5-12)8-9-15-17(19-2)20-10-16(18)21-15/h10,12-14H,4-9H2,1-3H3,(H,19,20). The second-order valence-corrected chi connectivity index (χ2v) is 7.08. The maximum atomic E-state index is 12.1. The summed E-state index contributed by atoms with van der Waals surface area (Å²) in [5.41, 5.74) is 0.915. The number of carbonyl (C=O) groups is 1. The van der Waals surface area contributed by atoms with E-state index in [0.29, 0.717) is 17.8 Å². The van der Waals surface area contributed by atoms with Crippen LogP contribution in [0.2, 0.25) is 0 Å². The third-order valence-corrected chi connectivity index (χ3v) is 5.27. The van der Waals surface area contributed by atoms with Crippen molar-refractivity contribution < 1.29 is 9.53 Å². The molecule has 0 bridgehead atoms. The Bertz CT molecular complexity index is 531. The molecule has 0 saturated heterocycles. The van der Waals surface area contributed by atoms with Crippen molar-refractivity contribution >= 4 is 27.5 Å². The topological polar surface area (TPSA) is 64.1 Å². The van der Waals surface area contributed by atoms with Gasteiger partial charge in [-0.3, -0.25) is 4.79 Å². The van der Waals surface area contributed by atoms with E-state index in [0.717, 1.165) is 54.6 Å². The molecule has 1 atom stereocenters. The second-order valence-electron chi connectivity index (χ2n) is 6.27. The molecule has 0 aromatic carbocycles. The molecular formula is C17H26BrN3O2. The van der Waals surface area contributed by atoms with E-state index in [1.807, 2.05) is 7.05 Å². The number of nitrogens with zero attached hydrogens (tertiary/aromatic N) is 2. The molecule has 5 nitrogen and oxygen atoms in total. The van der Waals surface area contributed by atoms with E-state index in [1.165, 1.54) is 0 Å². The fourth-order valence-corrected chi connectivity index (χ4v) is 3.89. The van der Waals surface area contributed by atoms with Gasteiger partial charge in [0.05, 0.1) is 18.0 Å². The van der Waals surface area contributed by atoms with Crippen molar-refractivity contribution in [2.24, 2.45) is 11.8 Å². The highest BCUT2D eigenvalue weighted by Gasteiger charge is 2.30. The quantitative estimate of drug-likeness (QED) is 0.778. The van der Waals surface area contributed by atoms with Crippen molar-refractivity contribution in [2.75, 3.05) is 19.5 Å². The minimum Gasteiger partial charge on any atom is -0.381 e. The highest BCUT2D eigenvalue weighted by molar-refractivity contribution is 9.10. The van der Waals surface area contributed by atoms with Gasteiger partial charge < -0.3 is 10.1 Å². The lowest BCUT2D eigenvalue weighted by molar-refractivity contribution is -0.123. The third-order valence-electron chi connectivity index (χ3n) is 4.89. The number of hydrogen-bond acceptors (Lipinski definition) is 5. The van der Waals surface area contributed by atoms with Crippen LogP contribution >= 0.6 is 15.9 Å². The van der Waals surface area contributed by atoms with Crippen LogP contribution in [0.1, 0.15) is 44.7 Å². The van der Waals surface area contributed by atoms with Gasteiger partial charge in [-0.2, -0.15) is 0 Å². The Balaban J connectivity index is 2.01. The molecule has 1 saturated carbocycles. The monoisotopic (exact) mass is 383 g/mol. The summed E-state index contributed by atoms with van der Waals surface area (Å²) < 4.78 is 6.16. The number of rotatable bonds is 7. The maximum absolute atomic E-state index is 12.1. The number of aryl methyl sites for hydroxylation is 1. The molecular weight excluding hydrogens is 358 g/mol. The molecule has 0 aliphatic heterocycles. The summed E-state index contributed by atoms with van der Waals surface area (Å²) in [7, 11) is 3.62. The summed E-state index contributed by atoms with van der Waals surface area (Å²) in [4.78, 5) is 21.0. The van der Waals surface area contributed by atoms with Gasteiger partial charge in [0.25, 0.3) is 0 Å². The highest BCUT2D eigenvalue weighted by atomic mass is 79.9. The average molecular weight is 384 g/mol. The fraction of sp³-hybridized carbons (Fsp3) is 0.706. The minimum atomic E-state index is 0.110. The van der Waals surface area contributed by atoms with E-state index < -0.39 is 0 Å². The molecule has 23 heavy (non-hydrogen) atoms. The van der Waals surface area contributed by atoms with Crippen LogP contribution in [0.4, 0.5) is 5.82 Å². The molecule has 1 fully saturated rings. The summed E-state index contributed by atoms with van der Waals surface area (Å²) in [6.07, 6.45) is 7.91. The van der Waals surface area contributed by atoms with Gasteiger partial charge in [0.2, 0.25) is 0 Å². The van der Waals surface area contributed by atoms with Crippen LogP contribution in [0.3, 0.4) is 0 Å². The lowest BCUT2D eigenvalue weighted by atomic mass is 9.75. The molecule has 1 aliphatic rings. The second kappa shape index (κ2) is 8.73. The number of nitrogens with one attached hydrogen (secondary N) is 1. The Morgan fingerprint density at radius 3 is 2.70 bits per heavy atom. The predicted octanol–water partition coefficient (Wildman–Crippen LogP) is 3.62. The van der Waals surface area contributed by atoms with E-state index in [4.69, 9.17) is 4.74 Å². The maximum Gasteiger partial charge on any atom is 0.147 e. The van der Waals surface area contributed by atoms with Gasteiger partial charge in [0.15, 0.2) is 0 Å². The van der Waals surface area contributed by atoms with Crippen LogP contribution < -0.4 is 5.32 Å². The van der Waals surface area contributed by atoms with Crippen LogP contribution in [0.15, 0.2) is 10.8 Å². The van der Waals surface area contributed by atoms with Gasteiger partial charge in [-0.1, -0.05) is 0 Å². The van der Waals surface area contributed by atoms with Crippen LogP contribution in [0, 0.1) is 11.8 Å². The summed E-state index contributed by atoms with van der Waals surface area (Å²) in [6.45, 7) is 1.72. The van der Waals surface area contributed by atoms with Crippen LogP contribution in [0.5, 0.6) is 0 Å². The first-order valence-corrected chi connectivity index (χ1v) is 9.06. The van der Waals surface area contributed by atoms with Crippen LogP contribution in [0.25, 0.3) is 0 Å². The molecule has 6 heteroatoms. The van der Waals surface area contributed by atoms with Gasteiger partial charge in [-0.05, 0) is 67.3 Å². The molecule has 1 aromatic heterocycles. The van der Waals surface area contributed by atoms with E-state index in [2.05, 4.69) is 31.2 Å².